The number of nitrogens with zero attached hydrogens (tertiary/aromatic N) is 3. The van der Waals surface area contributed by atoms with Crippen LogP contribution in [0.2, 0.25) is 10.0 Å². The van der Waals surface area contributed by atoms with Gasteiger partial charge in [0.15, 0.2) is 11.5 Å². The summed E-state index contributed by atoms with van der Waals surface area (Å²) in [6.07, 6.45) is -10.3. The Bertz CT molecular complexity index is 1410. The van der Waals surface area contributed by atoms with Crippen molar-refractivity contribution in [1.29, 1.82) is 0 Å². The van der Waals surface area contributed by atoms with Gasteiger partial charge in [0.2, 0.25) is 0 Å². The van der Waals surface area contributed by atoms with Crippen molar-refractivity contribution >= 4 is 40.9 Å². The molecule has 230 valence electrons. The molecular weight excluding hydrogens is 622 g/mol. The molecule has 1 aromatic carbocycles. The van der Waals surface area contributed by atoms with E-state index in [2.05, 4.69) is 5.10 Å². The van der Waals surface area contributed by atoms with E-state index in [9.17, 15) is 50.2 Å². The second kappa shape index (κ2) is 11.0. The normalized spacial score (nSPS) is 22.1. The topological polar surface area (TPSA) is 92.5 Å². The standard InChI is InChI=1S/C26H24Cl2F7N3O4/c1-23(22(41)42)6-4-13(5-7-23)38-20(25(30,31)32)14(10-36-38)21(40)37(12-24(8-9-24)26(33,34)35)11-17(39)18-15(27)2-3-16(29)19(18)28/h2-3,10,13H,4-9,11-12H2,1H3,(H,41,42)/t13-,23-. The van der Waals surface area contributed by atoms with Gasteiger partial charge >= 0.3 is 18.3 Å². The molecule has 2 aliphatic carbocycles. The van der Waals surface area contributed by atoms with E-state index in [4.69, 9.17) is 23.2 Å². The average molecular weight is 646 g/mol. The first-order chi connectivity index (χ1) is 19.3. The van der Waals surface area contributed by atoms with Gasteiger partial charge in [-0.1, -0.05) is 23.2 Å². The maximum absolute atomic E-state index is 14.4. The fraction of sp³-hybridized carbons (Fsp3) is 0.538. The molecule has 0 radical (unpaired) electrons. The van der Waals surface area contributed by atoms with Crippen LogP contribution in [0, 0.1) is 16.6 Å². The van der Waals surface area contributed by atoms with E-state index in [0.717, 1.165) is 12.1 Å². The molecule has 2 aliphatic rings. The number of aromatic nitrogens is 2. The average Bonchev–Trinajstić information content (AvgIpc) is 3.54. The van der Waals surface area contributed by atoms with Gasteiger partial charge in [-0.25, -0.2) is 4.39 Å². The lowest BCUT2D eigenvalue weighted by Crippen LogP contribution is -2.44. The summed E-state index contributed by atoms with van der Waals surface area (Å²) < 4.78 is 99.2. The van der Waals surface area contributed by atoms with Gasteiger partial charge in [0.1, 0.15) is 5.82 Å². The lowest BCUT2D eigenvalue weighted by molar-refractivity contribution is -0.189. The molecule has 42 heavy (non-hydrogen) atoms. The summed E-state index contributed by atoms with van der Waals surface area (Å²) >= 11 is 11.8. The zero-order valence-corrected chi connectivity index (χ0v) is 23.4. The fourth-order valence-electron chi connectivity index (χ4n) is 5.23. The van der Waals surface area contributed by atoms with E-state index in [1.807, 2.05) is 0 Å². The number of ketones is 1. The Balaban J connectivity index is 1.72. The Morgan fingerprint density at radius 3 is 2.17 bits per heavy atom. The number of carboxylic acids is 1. The van der Waals surface area contributed by atoms with Crippen molar-refractivity contribution in [2.45, 2.75) is 63.8 Å². The third-order valence-corrected chi connectivity index (χ3v) is 8.79. The van der Waals surface area contributed by atoms with Gasteiger partial charge < -0.3 is 10.0 Å². The summed E-state index contributed by atoms with van der Waals surface area (Å²) in [4.78, 5) is 38.6. The van der Waals surface area contributed by atoms with Gasteiger partial charge in [-0.05, 0) is 57.6 Å². The van der Waals surface area contributed by atoms with Crippen molar-refractivity contribution < 1.29 is 50.2 Å². The van der Waals surface area contributed by atoms with Crippen LogP contribution < -0.4 is 0 Å². The highest BCUT2D eigenvalue weighted by Crippen LogP contribution is 2.58. The van der Waals surface area contributed by atoms with Crippen molar-refractivity contribution in [3.05, 3.63) is 51.0 Å². The minimum absolute atomic E-state index is 0.0167. The SMILES string of the molecule is C[C@]1(C(=O)O)CC[C@H](n2ncc(C(=O)N(CC(=O)c3c(Cl)ccc(F)c3Cl)CC3(C(F)(F)F)CC3)c2C(F)(F)F)CC1. The number of amides is 1. The van der Waals surface area contributed by atoms with Gasteiger partial charge in [0.05, 0.1) is 50.8 Å². The van der Waals surface area contributed by atoms with E-state index in [0.29, 0.717) is 15.8 Å². The van der Waals surface area contributed by atoms with Crippen LogP contribution in [-0.4, -0.2) is 56.7 Å². The van der Waals surface area contributed by atoms with Crippen LogP contribution in [0.15, 0.2) is 18.3 Å². The third kappa shape index (κ3) is 5.97. The molecule has 0 aliphatic heterocycles. The Hall–Kier alpha value is -2.87. The Labute approximate surface area is 244 Å². The summed E-state index contributed by atoms with van der Waals surface area (Å²) in [5, 5.41) is 12.1. The number of benzene rings is 1. The number of Topliss-reactive ketones (excluding diaryl/α,β-unsaturated/α-hetero) is 1. The van der Waals surface area contributed by atoms with Gasteiger partial charge in [0, 0.05) is 6.54 Å². The highest BCUT2D eigenvalue weighted by molar-refractivity contribution is 6.40. The maximum Gasteiger partial charge on any atom is 0.433 e. The van der Waals surface area contributed by atoms with E-state index in [1.54, 1.807) is 0 Å². The number of rotatable bonds is 8. The molecule has 4 rings (SSSR count). The van der Waals surface area contributed by atoms with Crippen LogP contribution >= 0.6 is 23.2 Å². The molecule has 2 saturated carbocycles. The molecule has 7 nitrogen and oxygen atoms in total. The Kier molecular flexibility index (Phi) is 8.39. The smallest absolute Gasteiger partial charge is 0.433 e. The molecule has 0 saturated heterocycles. The van der Waals surface area contributed by atoms with E-state index in [-0.39, 0.29) is 30.7 Å². The van der Waals surface area contributed by atoms with Gasteiger partial charge in [0.25, 0.3) is 5.91 Å². The molecule has 1 amide bonds. The van der Waals surface area contributed by atoms with Gasteiger partial charge in [-0.15, -0.1) is 0 Å². The van der Waals surface area contributed by atoms with Crippen LogP contribution in [0.4, 0.5) is 30.7 Å². The van der Waals surface area contributed by atoms with Crippen LogP contribution in [0.1, 0.15) is 77.9 Å². The quantitative estimate of drug-likeness (QED) is 0.186. The predicted molar refractivity (Wildman–Crippen MR) is 135 cm³/mol. The van der Waals surface area contributed by atoms with Crippen molar-refractivity contribution in [3.8, 4) is 0 Å². The number of aliphatic carboxylic acids is 1. The summed E-state index contributed by atoms with van der Waals surface area (Å²) in [7, 11) is 0. The number of carboxylic acid groups (broad SMARTS) is 1. The monoisotopic (exact) mass is 645 g/mol. The summed E-state index contributed by atoms with van der Waals surface area (Å²) in [6, 6.07) is 0.855. The molecular formula is C26H24Cl2F7N3O4. The number of alkyl halides is 6. The van der Waals surface area contributed by atoms with E-state index < -0.39 is 100 Å². The lowest BCUT2D eigenvalue weighted by Gasteiger charge is -2.34. The zero-order valence-electron chi connectivity index (χ0n) is 21.9. The van der Waals surface area contributed by atoms with Crippen LogP contribution in [0.3, 0.4) is 0 Å². The molecule has 0 unspecified atom stereocenters. The Morgan fingerprint density at radius 2 is 1.67 bits per heavy atom. The molecule has 2 aromatic rings. The number of halogens is 9. The largest absolute Gasteiger partial charge is 0.481 e. The molecule has 0 atom stereocenters. The predicted octanol–water partition coefficient (Wildman–Crippen LogP) is 7.22. The highest BCUT2D eigenvalue weighted by atomic mass is 35.5. The highest BCUT2D eigenvalue weighted by Gasteiger charge is 2.64. The molecule has 0 spiro atoms. The number of carbonyl (C=O) groups excluding carboxylic acids is 2. The molecule has 2 fully saturated rings. The number of carbonyl (C=O) groups is 3. The summed E-state index contributed by atoms with van der Waals surface area (Å²) in [5.41, 5.74) is -6.86. The van der Waals surface area contributed by atoms with Crippen LogP contribution in [0.5, 0.6) is 0 Å². The first-order valence-electron chi connectivity index (χ1n) is 12.7. The van der Waals surface area contributed by atoms with Crippen LogP contribution in [0.25, 0.3) is 0 Å². The lowest BCUT2D eigenvalue weighted by atomic mass is 9.74. The molecule has 1 N–H and O–H groups in total. The van der Waals surface area contributed by atoms with Crippen molar-refractivity contribution in [2.24, 2.45) is 10.8 Å². The fourth-order valence-corrected chi connectivity index (χ4v) is 5.81. The maximum atomic E-state index is 14.4. The van der Waals surface area contributed by atoms with E-state index in [1.165, 1.54) is 6.92 Å². The number of hydrogen-bond donors (Lipinski definition) is 1. The summed E-state index contributed by atoms with van der Waals surface area (Å²) in [6.45, 7) is -0.856. The minimum Gasteiger partial charge on any atom is -0.481 e. The molecule has 16 heteroatoms. The third-order valence-electron chi connectivity index (χ3n) is 8.11. The second-order valence-electron chi connectivity index (χ2n) is 11.0. The zero-order chi connectivity index (χ0) is 31.4. The Morgan fingerprint density at radius 1 is 1.07 bits per heavy atom. The number of hydrogen-bond acceptors (Lipinski definition) is 4. The van der Waals surface area contributed by atoms with Gasteiger partial charge in [-0.3, -0.25) is 19.1 Å². The second-order valence-corrected chi connectivity index (χ2v) is 11.8. The van der Waals surface area contributed by atoms with Crippen molar-refractivity contribution in [2.75, 3.05) is 13.1 Å². The van der Waals surface area contributed by atoms with Gasteiger partial charge in [-0.2, -0.15) is 31.4 Å². The van der Waals surface area contributed by atoms with Crippen molar-refractivity contribution in [1.82, 2.24) is 14.7 Å². The molecule has 0 bridgehead atoms. The van der Waals surface area contributed by atoms with Crippen molar-refractivity contribution in [3.63, 3.8) is 0 Å². The first kappa shape index (κ1) is 32.1. The summed E-state index contributed by atoms with van der Waals surface area (Å²) in [5.74, 6) is -4.92. The minimum atomic E-state index is -5.19. The first-order valence-corrected chi connectivity index (χ1v) is 13.5. The molecule has 1 aromatic heterocycles. The van der Waals surface area contributed by atoms with Crippen LogP contribution in [-0.2, 0) is 11.0 Å². The molecule has 1 heterocycles. The van der Waals surface area contributed by atoms with E-state index >= 15 is 0 Å².